The van der Waals surface area contributed by atoms with Crippen molar-refractivity contribution in [2.75, 3.05) is 31.7 Å². The van der Waals surface area contributed by atoms with Gasteiger partial charge in [-0.15, -0.1) is 0 Å². The molecule has 1 aromatic rings. The van der Waals surface area contributed by atoms with Gasteiger partial charge in [0.25, 0.3) is 0 Å². The van der Waals surface area contributed by atoms with Gasteiger partial charge >= 0.3 is 6.03 Å². The van der Waals surface area contributed by atoms with E-state index in [9.17, 15) is 14.3 Å². The number of nitrogens with one attached hydrogen (secondary N) is 1. The first-order valence-electron chi connectivity index (χ1n) is 8.40. The largest absolute Gasteiger partial charge is 0.487 e. The molecule has 132 valence electrons. The lowest BCUT2D eigenvalue weighted by molar-refractivity contribution is -0.00485. The van der Waals surface area contributed by atoms with Crippen LogP contribution in [0.5, 0.6) is 5.75 Å². The number of halogens is 1. The van der Waals surface area contributed by atoms with Crippen molar-refractivity contribution in [1.29, 1.82) is 0 Å². The molecule has 0 spiro atoms. The van der Waals surface area contributed by atoms with Crippen LogP contribution in [0.3, 0.4) is 0 Å². The Kier molecular flexibility index (Phi) is 5.52. The molecule has 0 bridgehead atoms. The van der Waals surface area contributed by atoms with E-state index in [0.717, 1.165) is 25.7 Å². The zero-order valence-corrected chi connectivity index (χ0v) is 13.5. The Morgan fingerprint density at radius 3 is 2.92 bits per heavy atom. The fourth-order valence-electron chi connectivity index (χ4n) is 3.13. The number of hydrogen-bond acceptors (Lipinski definition) is 4. The van der Waals surface area contributed by atoms with E-state index in [1.807, 2.05) is 0 Å². The number of amides is 2. The predicted molar refractivity (Wildman–Crippen MR) is 86.7 cm³/mol. The minimum absolute atomic E-state index is 0.0820. The Hall–Kier alpha value is -1.86. The van der Waals surface area contributed by atoms with Crippen molar-refractivity contribution in [3.63, 3.8) is 0 Å². The van der Waals surface area contributed by atoms with Crippen molar-refractivity contribution in [2.24, 2.45) is 0 Å². The standard InChI is InChI=1S/C17H23FN2O4/c18-15-9-12(5-6-16(15)24-14-3-1-2-4-14)19-17(22)20-7-8-23-11-13(20)10-21/h5-6,9,13-14,21H,1-4,7-8,10-11H2,(H,19,22)/t13-/m0/s1. The molecule has 24 heavy (non-hydrogen) atoms. The minimum atomic E-state index is -0.486. The van der Waals surface area contributed by atoms with Crippen LogP contribution in [0.2, 0.25) is 0 Å². The molecule has 1 atom stereocenters. The van der Waals surface area contributed by atoms with E-state index < -0.39 is 5.82 Å². The topological polar surface area (TPSA) is 71.0 Å². The smallest absolute Gasteiger partial charge is 0.322 e. The second-order valence-electron chi connectivity index (χ2n) is 6.20. The van der Waals surface area contributed by atoms with Gasteiger partial charge in [0.1, 0.15) is 0 Å². The summed E-state index contributed by atoms with van der Waals surface area (Å²) in [4.78, 5) is 13.8. The van der Waals surface area contributed by atoms with Gasteiger partial charge in [0.15, 0.2) is 11.6 Å². The quantitative estimate of drug-likeness (QED) is 0.884. The van der Waals surface area contributed by atoms with Gasteiger partial charge in [-0.05, 0) is 37.8 Å². The van der Waals surface area contributed by atoms with Crippen LogP contribution in [0.1, 0.15) is 25.7 Å². The molecule has 1 saturated heterocycles. The van der Waals surface area contributed by atoms with Gasteiger partial charge < -0.3 is 24.8 Å². The van der Waals surface area contributed by atoms with E-state index in [2.05, 4.69) is 5.32 Å². The molecule has 1 aliphatic heterocycles. The molecule has 1 aliphatic carbocycles. The molecule has 1 saturated carbocycles. The molecule has 0 aromatic heterocycles. The Labute approximate surface area is 140 Å². The third-order valence-electron chi connectivity index (χ3n) is 4.48. The maximum absolute atomic E-state index is 14.2. The van der Waals surface area contributed by atoms with Crippen molar-refractivity contribution < 1.29 is 23.8 Å². The van der Waals surface area contributed by atoms with Gasteiger partial charge in [-0.2, -0.15) is 0 Å². The molecule has 2 N–H and O–H groups in total. The number of aliphatic hydroxyl groups excluding tert-OH is 1. The Balaban J connectivity index is 1.62. The first-order chi connectivity index (χ1) is 11.7. The van der Waals surface area contributed by atoms with Crippen LogP contribution in [0.25, 0.3) is 0 Å². The van der Waals surface area contributed by atoms with Gasteiger partial charge in [-0.3, -0.25) is 0 Å². The van der Waals surface area contributed by atoms with Gasteiger partial charge in [0.05, 0.1) is 32.0 Å². The highest BCUT2D eigenvalue weighted by Gasteiger charge is 2.27. The maximum atomic E-state index is 14.2. The van der Waals surface area contributed by atoms with E-state index in [-0.39, 0.29) is 30.5 Å². The Morgan fingerprint density at radius 2 is 2.21 bits per heavy atom. The third kappa shape index (κ3) is 3.96. The summed E-state index contributed by atoms with van der Waals surface area (Å²) in [6, 6.07) is 3.68. The number of ether oxygens (including phenoxy) is 2. The number of hydrogen-bond donors (Lipinski definition) is 2. The number of morpholine rings is 1. The number of urea groups is 1. The molecule has 2 amide bonds. The average molecular weight is 338 g/mol. The number of nitrogens with zero attached hydrogens (tertiary/aromatic N) is 1. The number of rotatable bonds is 4. The Bertz CT molecular complexity index is 578. The fraction of sp³-hybridized carbons (Fsp3) is 0.588. The molecular formula is C17H23FN2O4. The molecular weight excluding hydrogens is 315 g/mol. The monoisotopic (exact) mass is 338 g/mol. The van der Waals surface area contributed by atoms with Crippen LogP contribution in [-0.2, 0) is 4.74 Å². The van der Waals surface area contributed by atoms with Crippen molar-refractivity contribution in [3.05, 3.63) is 24.0 Å². The molecule has 6 nitrogen and oxygen atoms in total. The molecule has 2 aliphatic rings. The van der Waals surface area contributed by atoms with Crippen LogP contribution in [0, 0.1) is 5.82 Å². The summed E-state index contributed by atoms with van der Waals surface area (Å²) in [5.74, 6) is -0.264. The summed E-state index contributed by atoms with van der Waals surface area (Å²) in [6.07, 6.45) is 4.23. The van der Waals surface area contributed by atoms with E-state index in [1.165, 1.54) is 11.0 Å². The maximum Gasteiger partial charge on any atom is 0.322 e. The number of carbonyl (C=O) groups is 1. The van der Waals surface area contributed by atoms with Crippen LogP contribution in [0.15, 0.2) is 18.2 Å². The zero-order chi connectivity index (χ0) is 16.9. The molecule has 3 rings (SSSR count). The van der Waals surface area contributed by atoms with Gasteiger partial charge in [-0.1, -0.05) is 0 Å². The highest BCUT2D eigenvalue weighted by atomic mass is 19.1. The van der Waals surface area contributed by atoms with Gasteiger partial charge in [0.2, 0.25) is 0 Å². The van der Waals surface area contributed by atoms with E-state index in [0.29, 0.717) is 25.4 Å². The van der Waals surface area contributed by atoms with E-state index in [1.54, 1.807) is 12.1 Å². The number of benzene rings is 1. The van der Waals surface area contributed by atoms with E-state index in [4.69, 9.17) is 9.47 Å². The predicted octanol–water partition coefficient (Wildman–Crippen LogP) is 2.37. The van der Waals surface area contributed by atoms with Crippen molar-refractivity contribution in [2.45, 2.75) is 37.8 Å². The highest BCUT2D eigenvalue weighted by Crippen LogP contribution is 2.27. The zero-order valence-electron chi connectivity index (χ0n) is 13.5. The molecule has 0 unspecified atom stereocenters. The first-order valence-corrected chi connectivity index (χ1v) is 8.40. The third-order valence-corrected chi connectivity index (χ3v) is 4.48. The first kappa shape index (κ1) is 17.0. The molecule has 2 fully saturated rings. The summed E-state index contributed by atoms with van der Waals surface area (Å²) in [5.41, 5.74) is 0.361. The minimum Gasteiger partial charge on any atom is -0.487 e. The van der Waals surface area contributed by atoms with Crippen molar-refractivity contribution in [1.82, 2.24) is 4.90 Å². The lowest BCUT2D eigenvalue weighted by Crippen LogP contribution is -2.52. The average Bonchev–Trinajstić information content (AvgIpc) is 3.10. The normalized spacial score (nSPS) is 21.8. The van der Waals surface area contributed by atoms with Crippen LogP contribution in [-0.4, -0.2) is 54.5 Å². The number of aliphatic hydroxyl groups is 1. The van der Waals surface area contributed by atoms with Gasteiger partial charge in [-0.25, -0.2) is 9.18 Å². The summed E-state index contributed by atoms with van der Waals surface area (Å²) in [5, 5.41) is 12.0. The molecule has 1 aromatic carbocycles. The van der Waals surface area contributed by atoms with Crippen LogP contribution >= 0.6 is 0 Å². The summed E-state index contributed by atoms with van der Waals surface area (Å²) < 4.78 is 25.1. The van der Waals surface area contributed by atoms with Crippen molar-refractivity contribution >= 4 is 11.7 Å². The van der Waals surface area contributed by atoms with E-state index >= 15 is 0 Å². The van der Waals surface area contributed by atoms with Crippen molar-refractivity contribution in [3.8, 4) is 5.75 Å². The highest BCUT2D eigenvalue weighted by molar-refractivity contribution is 5.89. The van der Waals surface area contributed by atoms with Gasteiger partial charge in [0, 0.05) is 18.3 Å². The van der Waals surface area contributed by atoms with Crippen LogP contribution in [0.4, 0.5) is 14.9 Å². The summed E-state index contributed by atoms with van der Waals surface area (Å²) in [6.45, 7) is 0.942. The SMILES string of the molecule is O=C(Nc1ccc(OC2CCCC2)c(F)c1)N1CCOC[C@@H]1CO. The van der Waals surface area contributed by atoms with Crippen LogP contribution < -0.4 is 10.1 Å². The Morgan fingerprint density at radius 1 is 1.42 bits per heavy atom. The molecule has 1 heterocycles. The lowest BCUT2D eigenvalue weighted by atomic mass is 10.2. The molecule has 7 heteroatoms. The molecule has 0 radical (unpaired) electrons. The second kappa shape index (κ2) is 7.81. The number of carbonyl (C=O) groups excluding carboxylic acids is 1. The summed E-state index contributed by atoms with van der Waals surface area (Å²) >= 11 is 0. The summed E-state index contributed by atoms with van der Waals surface area (Å²) in [7, 11) is 0. The second-order valence-corrected chi connectivity index (χ2v) is 6.20. The number of anilines is 1. The fourth-order valence-corrected chi connectivity index (χ4v) is 3.13. The lowest BCUT2D eigenvalue weighted by Gasteiger charge is -2.34.